The molecule has 0 fully saturated rings. The Morgan fingerprint density at radius 1 is 1.00 bits per heavy atom. The van der Waals surface area contributed by atoms with E-state index in [4.69, 9.17) is 14.3 Å². The Morgan fingerprint density at radius 3 is 2.79 bits per heavy atom. The van der Waals surface area contributed by atoms with Gasteiger partial charge in [0, 0.05) is 60.0 Å². The summed E-state index contributed by atoms with van der Waals surface area (Å²) in [5.41, 5.74) is 1.57. The molecule has 0 saturated heterocycles. The lowest BCUT2D eigenvalue weighted by molar-refractivity contribution is 0.249. The van der Waals surface area contributed by atoms with Gasteiger partial charge in [0.25, 0.3) is 0 Å². The van der Waals surface area contributed by atoms with Crippen LogP contribution in [0.4, 0.5) is 17.5 Å². The molecule has 9 heteroatoms. The van der Waals surface area contributed by atoms with Gasteiger partial charge in [-0.1, -0.05) is 6.07 Å². The number of hydrogen-bond donors (Lipinski definition) is 3. The molecule has 5 heterocycles. The number of aliphatic hydroxyl groups excluding tert-OH is 1. The Bertz CT molecular complexity index is 1400. The summed E-state index contributed by atoms with van der Waals surface area (Å²) < 4.78 is 11.7. The number of pyridine rings is 4. The van der Waals surface area contributed by atoms with Crippen LogP contribution in [0.1, 0.15) is 12.8 Å². The van der Waals surface area contributed by atoms with Gasteiger partial charge in [-0.05, 0) is 37.1 Å². The molecule has 0 aliphatic carbocycles. The number of fused-ring (bicyclic) bond motifs is 2. The number of nitrogens with zero attached hydrogens (tertiary/aromatic N) is 4. The van der Waals surface area contributed by atoms with Crippen LogP contribution < -0.4 is 15.4 Å². The van der Waals surface area contributed by atoms with Crippen molar-refractivity contribution in [1.29, 1.82) is 0 Å². The van der Waals surface area contributed by atoms with Gasteiger partial charge in [-0.2, -0.15) is 4.98 Å². The average molecular weight is 457 g/mol. The number of aromatic nitrogens is 4. The summed E-state index contributed by atoms with van der Waals surface area (Å²) in [6.07, 6.45) is 8.49. The molecule has 5 aromatic rings. The summed E-state index contributed by atoms with van der Waals surface area (Å²) >= 11 is 0. The lowest BCUT2D eigenvalue weighted by Gasteiger charge is -2.12. The summed E-state index contributed by atoms with van der Waals surface area (Å²) in [4.78, 5) is 17.8. The molecule has 5 rings (SSSR count). The third kappa shape index (κ3) is 4.46. The van der Waals surface area contributed by atoms with Crippen molar-refractivity contribution in [2.75, 3.05) is 30.9 Å². The molecular weight excluding hydrogens is 432 g/mol. The number of ether oxygens (including phenoxy) is 1. The Labute approximate surface area is 195 Å². The number of furan rings is 1. The maximum atomic E-state index is 8.90. The van der Waals surface area contributed by atoms with Crippen LogP contribution in [-0.2, 0) is 0 Å². The van der Waals surface area contributed by atoms with Crippen LogP contribution in [0.2, 0.25) is 0 Å². The average Bonchev–Trinajstić information content (AvgIpc) is 3.30. The number of anilines is 3. The smallest absolute Gasteiger partial charge is 0.215 e. The van der Waals surface area contributed by atoms with E-state index in [1.807, 2.05) is 37.4 Å². The van der Waals surface area contributed by atoms with Crippen LogP contribution in [-0.4, -0.2) is 45.3 Å². The fourth-order valence-corrected chi connectivity index (χ4v) is 3.70. The van der Waals surface area contributed by atoms with E-state index >= 15 is 0 Å². The van der Waals surface area contributed by atoms with Gasteiger partial charge in [0.05, 0.1) is 12.8 Å². The third-order valence-corrected chi connectivity index (χ3v) is 5.38. The second kappa shape index (κ2) is 9.72. The lowest BCUT2D eigenvalue weighted by atomic mass is 10.1. The van der Waals surface area contributed by atoms with Crippen molar-refractivity contribution < 1.29 is 14.3 Å². The molecule has 34 heavy (non-hydrogen) atoms. The summed E-state index contributed by atoms with van der Waals surface area (Å²) in [6, 6.07) is 11.4. The van der Waals surface area contributed by atoms with Crippen LogP contribution in [0.25, 0.3) is 33.1 Å². The molecule has 9 nitrogen and oxygen atoms in total. The highest BCUT2D eigenvalue weighted by Gasteiger charge is 2.14. The molecule has 0 amide bonds. The normalized spacial score (nSPS) is 11.1. The summed E-state index contributed by atoms with van der Waals surface area (Å²) in [5, 5.41) is 18.1. The monoisotopic (exact) mass is 456 g/mol. The van der Waals surface area contributed by atoms with Gasteiger partial charge in [-0.15, -0.1) is 0 Å². The van der Waals surface area contributed by atoms with Crippen molar-refractivity contribution >= 4 is 39.2 Å². The molecule has 172 valence electrons. The minimum Gasteiger partial charge on any atom is -0.478 e. The third-order valence-electron chi connectivity index (χ3n) is 5.38. The van der Waals surface area contributed by atoms with Crippen molar-refractivity contribution in [3.05, 3.63) is 61.2 Å². The van der Waals surface area contributed by atoms with Gasteiger partial charge in [0.2, 0.25) is 5.88 Å². The van der Waals surface area contributed by atoms with E-state index in [1.54, 1.807) is 30.9 Å². The van der Waals surface area contributed by atoms with Crippen molar-refractivity contribution in [2.45, 2.75) is 12.8 Å². The van der Waals surface area contributed by atoms with E-state index in [2.05, 4.69) is 30.6 Å². The maximum Gasteiger partial charge on any atom is 0.215 e. The van der Waals surface area contributed by atoms with E-state index in [0.29, 0.717) is 36.3 Å². The molecule has 0 bridgehead atoms. The quantitative estimate of drug-likeness (QED) is 0.270. The number of unbranched alkanes of at least 4 members (excludes halogenated alkanes) is 1. The van der Waals surface area contributed by atoms with Crippen molar-refractivity contribution in [3.8, 4) is 17.2 Å². The molecule has 0 aliphatic heterocycles. The fraction of sp³-hybridized carbons (Fsp3) is 0.200. The van der Waals surface area contributed by atoms with Gasteiger partial charge >= 0.3 is 0 Å². The number of rotatable bonds is 9. The first-order chi connectivity index (χ1) is 16.7. The summed E-state index contributed by atoms with van der Waals surface area (Å²) in [6.45, 7) is 0.658. The maximum absolute atomic E-state index is 8.90. The minimum absolute atomic E-state index is 0.156. The lowest BCUT2D eigenvalue weighted by Crippen LogP contribution is -2.02. The molecule has 0 aliphatic rings. The van der Waals surface area contributed by atoms with Crippen LogP contribution in [0.3, 0.4) is 0 Å². The Morgan fingerprint density at radius 2 is 1.94 bits per heavy atom. The SMILES string of the molecule is CNc1ncc(-c2cc3ccncc3o2)c2cc(Nc3cccc(OCCCCO)n3)ncc12. The Kier molecular flexibility index (Phi) is 6.17. The number of nitrogens with one attached hydrogen (secondary N) is 2. The minimum atomic E-state index is 0.156. The molecule has 0 unspecified atom stereocenters. The topological polar surface area (TPSA) is 118 Å². The van der Waals surface area contributed by atoms with Gasteiger partial charge < -0.3 is 24.9 Å². The highest BCUT2D eigenvalue weighted by molar-refractivity contribution is 6.02. The van der Waals surface area contributed by atoms with E-state index in [0.717, 1.165) is 39.5 Å². The van der Waals surface area contributed by atoms with Crippen molar-refractivity contribution in [3.63, 3.8) is 0 Å². The molecule has 0 aromatic carbocycles. The second-order valence-electron chi connectivity index (χ2n) is 7.67. The summed E-state index contributed by atoms with van der Waals surface area (Å²) in [5.74, 6) is 3.20. The molecule has 5 aromatic heterocycles. The molecule has 0 radical (unpaired) electrons. The van der Waals surface area contributed by atoms with Gasteiger partial charge in [-0.25, -0.2) is 9.97 Å². The van der Waals surface area contributed by atoms with E-state index in [1.165, 1.54) is 0 Å². The fourth-order valence-electron chi connectivity index (χ4n) is 3.70. The van der Waals surface area contributed by atoms with Crippen molar-refractivity contribution in [1.82, 2.24) is 19.9 Å². The summed E-state index contributed by atoms with van der Waals surface area (Å²) in [7, 11) is 1.83. The highest BCUT2D eigenvalue weighted by Crippen LogP contribution is 2.35. The first-order valence-corrected chi connectivity index (χ1v) is 11.0. The van der Waals surface area contributed by atoms with Gasteiger partial charge in [-0.3, -0.25) is 4.98 Å². The Hall–Kier alpha value is -4.24. The predicted molar refractivity (Wildman–Crippen MR) is 131 cm³/mol. The van der Waals surface area contributed by atoms with E-state index < -0.39 is 0 Å². The zero-order chi connectivity index (χ0) is 23.3. The number of hydrogen-bond acceptors (Lipinski definition) is 9. The Balaban J connectivity index is 1.48. The molecule has 0 saturated carbocycles. The van der Waals surface area contributed by atoms with Crippen LogP contribution in [0, 0.1) is 0 Å². The van der Waals surface area contributed by atoms with Gasteiger partial charge in [0.15, 0.2) is 5.58 Å². The van der Waals surface area contributed by atoms with Crippen molar-refractivity contribution in [2.24, 2.45) is 0 Å². The molecule has 0 spiro atoms. The van der Waals surface area contributed by atoms with Gasteiger partial charge in [0.1, 0.15) is 23.2 Å². The first kappa shape index (κ1) is 21.6. The largest absolute Gasteiger partial charge is 0.478 e. The first-order valence-electron chi connectivity index (χ1n) is 11.0. The standard InChI is InChI=1S/C25H24N6O3/c1-26-25-19-14-28-23(30-22-5-4-6-24(31-22)33-10-3-2-9-32)12-17(19)18(13-29-25)20-11-16-7-8-27-15-21(16)34-20/h4-8,11-15,32H,2-3,9-10H2,1H3,(H,26,29)(H,28,30,31). The number of aliphatic hydroxyl groups is 1. The van der Waals surface area contributed by atoms with Crippen LogP contribution >= 0.6 is 0 Å². The molecule has 3 N–H and O–H groups in total. The highest BCUT2D eigenvalue weighted by atomic mass is 16.5. The van der Waals surface area contributed by atoms with Crippen LogP contribution in [0.5, 0.6) is 5.88 Å². The predicted octanol–water partition coefficient (Wildman–Crippen LogP) is 4.77. The molecule has 0 atom stereocenters. The van der Waals surface area contributed by atoms with E-state index in [-0.39, 0.29) is 6.61 Å². The zero-order valence-corrected chi connectivity index (χ0v) is 18.7. The second-order valence-corrected chi connectivity index (χ2v) is 7.67. The zero-order valence-electron chi connectivity index (χ0n) is 18.7. The molecular formula is C25H24N6O3. The van der Waals surface area contributed by atoms with E-state index in [9.17, 15) is 0 Å². The van der Waals surface area contributed by atoms with Crippen LogP contribution in [0.15, 0.2) is 65.6 Å².